The van der Waals surface area contributed by atoms with Crippen LogP contribution >= 0.6 is 0 Å². The summed E-state index contributed by atoms with van der Waals surface area (Å²) in [7, 11) is 1.51. The van der Waals surface area contributed by atoms with Crippen molar-refractivity contribution in [3.05, 3.63) is 22.9 Å². The van der Waals surface area contributed by atoms with Gasteiger partial charge in [-0.2, -0.15) is 5.26 Å². The predicted molar refractivity (Wildman–Crippen MR) is 45.0 cm³/mol. The maximum Gasteiger partial charge on any atom is 0.231 e. The van der Waals surface area contributed by atoms with E-state index >= 15 is 0 Å². The molecule has 0 radical (unpaired) electrons. The third kappa shape index (κ3) is 1.37. The zero-order chi connectivity index (χ0) is 9.14. The number of hydrogen-bond donors (Lipinski definition) is 0. The van der Waals surface area contributed by atoms with Crippen LogP contribution in [-0.2, 0) is 0 Å². The van der Waals surface area contributed by atoms with E-state index in [1.807, 2.05) is 19.9 Å². The second-order valence-corrected chi connectivity index (χ2v) is 2.56. The highest BCUT2D eigenvalue weighted by Crippen LogP contribution is 2.17. The fourth-order valence-corrected chi connectivity index (χ4v) is 0.919. The zero-order valence-corrected chi connectivity index (χ0v) is 7.38. The van der Waals surface area contributed by atoms with E-state index < -0.39 is 0 Å². The molecule has 3 nitrogen and oxygen atoms in total. The Balaban J connectivity index is 3.31. The number of ether oxygens (including phenoxy) is 1. The van der Waals surface area contributed by atoms with Gasteiger partial charge in [-0.15, -0.1) is 0 Å². The highest BCUT2D eigenvalue weighted by molar-refractivity contribution is 5.41. The molecule has 0 amide bonds. The van der Waals surface area contributed by atoms with Crippen molar-refractivity contribution >= 4 is 0 Å². The second kappa shape index (κ2) is 3.22. The second-order valence-electron chi connectivity index (χ2n) is 2.56. The minimum Gasteiger partial charge on any atom is -0.480 e. The number of hydrogen-bond acceptors (Lipinski definition) is 3. The number of methoxy groups -OCH3 is 1. The van der Waals surface area contributed by atoms with E-state index in [9.17, 15) is 0 Å². The Morgan fingerprint density at radius 3 is 2.67 bits per heavy atom. The highest BCUT2D eigenvalue weighted by Gasteiger charge is 2.05. The van der Waals surface area contributed by atoms with Crippen LogP contribution in [0.25, 0.3) is 0 Å². The number of rotatable bonds is 1. The molecule has 0 spiro atoms. The molecule has 0 saturated carbocycles. The van der Waals surface area contributed by atoms with Crippen molar-refractivity contribution in [1.82, 2.24) is 4.98 Å². The topological polar surface area (TPSA) is 45.9 Å². The van der Waals surface area contributed by atoms with Gasteiger partial charge in [-0.3, -0.25) is 0 Å². The summed E-state index contributed by atoms with van der Waals surface area (Å²) >= 11 is 0. The lowest BCUT2D eigenvalue weighted by Crippen LogP contribution is -1.96. The summed E-state index contributed by atoms with van der Waals surface area (Å²) < 4.78 is 4.94. The normalized spacial score (nSPS) is 9.17. The Bertz CT molecular complexity index is 339. The molecule has 0 aliphatic rings. The monoisotopic (exact) mass is 162 g/mol. The summed E-state index contributed by atoms with van der Waals surface area (Å²) in [5.74, 6) is 0.403. The van der Waals surface area contributed by atoms with Crippen molar-refractivity contribution in [3.63, 3.8) is 0 Å². The fourth-order valence-electron chi connectivity index (χ4n) is 0.919. The van der Waals surface area contributed by atoms with Gasteiger partial charge in [0, 0.05) is 5.69 Å². The third-order valence-corrected chi connectivity index (χ3v) is 1.74. The lowest BCUT2D eigenvalue weighted by molar-refractivity contribution is 0.395. The van der Waals surface area contributed by atoms with E-state index in [2.05, 4.69) is 4.98 Å². The first-order valence-electron chi connectivity index (χ1n) is 3.61. The van der Waals surface area contributed by atoms with Crippen LogP contribution in [0, 0.1) is 25.2 Å². The standard InChI is InChI=1S/C9H10N2O/c1-6-4-8(5-10)9(12-3)11-7(6)2/h4H,1-3H3. The molecule has 12 heavy (non-hydrogen) atoms. The maximum atomic E-state index is 8.69. The number of nitriles is 1. The van der Waals surface area contributed by atoms with Crippen LogP contribution in [0.15, 0.2) is 6.07 Å². The van der Waals surface area contributed by atoms with Crippen molar-refractivity contribution in [3.8, 4) is 11.9 Å². The minimum absolute atomic E-state index is 0.403. The minimum atomic E-state index is 0.403. The van der Waals surface area contributed by atoms with Gasteiger partial charge in [-0.25, -0.2) is 4.98 Å². The first-order valence-corrected chi connectivity index (χ1v) is 3.61. The van der Waals surface area contributed by atoms with Gasteiger partial charge in [-0.05, 0) is 25.5 Å². The fraction of sp³-hybridized carbons (Fsp3) is 0.333. The lowest BCUT2D eigenvalue weighted by Gasteiger charge is -2.04. The summed E-state index contributed by atoms with van der Waals surface area (Å²) in [6.45, 7) is 3.81. The molecule has 0 saturated heterocycles. The molecule has 0 N–H and O–H groups in total. The van der Waals surface area contributed by atoms with Crippen molar-refractivity contribution in [2.45, 2.75) is 13.8 Å². The van der Waals surface area contributed by atoms with Crippen LogP contribution in [0.5, 0.6) is 5.88 Å². The molecule has 62 valence electrons. The lowest BCUT2D eigenvalue weighted by atomic mass is 10.2. The van der Waals surface area contributed by atoms with E-state index in [-0.39, 0.29) is 0 Å². The zero-order valence-electron chi connectivity index (χ0n) is 7.38. The molecule has 0 bridgehead atoms. The number of pyridine rings is 1. The van der Waals surface area contributed by atoms with E-state index in [4.69, 9.17) is 10.00 Å². The van der Waals surface area contributed by atoms with Gasteiger partial charge < -0.3 is 4.74 Å². The van der Waals surface area contributed by atoms with Gasteiger partial charge in [0.05, 0.1) is 7.11 Å². The molecule has 0 aromatic carbocycles. The Hall–Kier alpha value is -1.56. The highest BCUT2D eigenvalue weighted by atomic mass is 16.5. The van der Waals surface area contributed by atoms with Crippen LogP contribution < -0.4 is 4.74 Å². The molecule has 3 heteroatoms. The molecular formula is C9H10N2O. The third-order valence-electron chi connectivity index (χ3n) is 1.74. The molecule has 0 fully saturated rings. The predicted octanol–water partition coefficient (Wildman–Crippen LogP) is 1.58. The Kier molecular flexibility index (Phi) is 2.29. The van der Waals surface area contributed by atoms with Gasteiger partial charge in [0.2, 0.25) is 5.88 Å². The summed E-state index contributed by atoms with van der Waals surface area (Å²) in [5, 5.41) is 8.69. The van der Waals surface area contributed by atoms with Crippen LogP contribution in [0.2, 0.25) is 0 Å². The van der Waals surface area contributed by atoms with Crippen molar-refractivity contribution in [1.29, 1.82) is 5.26 Å². The Morgan fingerprint density at radius 2 is 2.17 bits per heavy atom. The largest absolute Gasteiger partial charge is 0.480 e. The van der Waals surface area contributed by atoms with Gasteiger partial charge in [0.25, 0.3) is 0 Å². The smallest absolute Gasteiger partial charge is 0.231 e. The summed E-state index contributed by atoms with van der Waals surface area (Å²) in [6.07, 6.45) is 0. The Morgan fingerprint density at radius 1 is 1.50 bits per heavy atom. The SMILES string of the molecule is COc1nc(C)c(C)cc1C#N. The molecule has 0 atom stereocenters. The molecule has 0 aliphatic carbocycles. The van der Waals surface area contributed by atoms with E-state index in [0.29, 0.717) is 11.4 Å². The number of aryl methyl sites for hydroxylation is 2. The van der Waals surface area contributed by atoms with Crippen LogP contribution in [0.3, 0.4) is 0 Å². The average molecular weight is 162 g/mol. The van der Waals surface area contributed by atoms with E-state index in [1.165, 1.54) is 7.11 Å². The maximum absolute atomic E-state index is 8.69. The van der Waals surface area contributed by atoms with Crippen molar-refractivity contribution in [2.24, 2.45) is 0 Å². The van der Waals surface area contributed by atoms with Crippen LogP contribution in [-0.4, -0.2) is 12.1 Å². The van der Waals surface area contributed by atoms with Crippen LogP contribution in [0.1, 0.15) is 16.8 Å². The summed E-state index contributed by atoms with van der Waals surface area (Å²) in [5.41, 5.74) is 2.39. The molecule has 1 rings (SSSR count). The number of aromatic nitrogens is 1. The molecule has 0 unspecified atom stereocenters. The van der Waals surface area contributed by atoms with E-state index in [0.717, 1.165) is 11.3 Å². The summed E-state index contributed by atoms with van der Waals surface area (Å²) in [6, 6.07) is 3.81. The molecule has 1 aromatic heterocycles. The van der Waals surface area contributed by atoms with E-state index in [1.54, 1.807) is 6.07 Å². The average Bonchev–Trinajstić information content (AvgIpc) is 2.09. The van der Waals surface area contributed by atoms with Gasteiger partial charge in [0.15, 0.2) is 0 Å². The summed E-state index contributed by atoms with van der Waals surface area (Å²) in [4.78, 5) is 4.12. The van der Waals surface area contributed by atoms with Gasteiger partial charge >= 0.3 is 0 Å². The number of nitrogens with zero attached hydrogens (tertiary/aromatic N) is 2. The van der Waals surface area contributed by atoms with Crippen molar-refractivity contribution in [2.75, 3.05) is 7.11 Å². The van der Waals surface area contributed by atoms with Gasteiger partial charge in [-0.1, -0.05) is 0 Å². The first kappa shape index (κ1) is 8.54. The molecule has 1 heterocycles. The van der Waals surface area contributed by atoms with Crippen molar-refractivity contribution < 1.29 is 4.74 Å². The first-order chi connectivity index (χ1) is 5.69. The van der Waals surface area contributed by atoms with Gasteiger partial charge in [0.1, 0.15) is 11.6 Å². The Labute approximate surface area is 71.6 Å². The molecule has 0 aliphatic heterocycles. The molecule has 1 aromatic rings. The quantitative estimate of drug-likeness (QED) is 0.629. The molecular weight excluding hydrogens is 152 g/mol. The van der Waals surface area contributed by atoms with Crippen LogP contribution in [0.4, 0.5) is 0 Å².